The van der Waals surface area contributed by atoms with Gasteiger partial charge in [-0.1, -0.05) is 0 Å². The normalized spacial score (nSPS) is 14.8. The molecule has 1 aliphatic heterocycles. The number of rotatable bonds is 7. The Morgan fingerprint density at radius 3 is 2.72 bits per heavy atom. The lowest BCUT2D eigenvalue weighted by Gasteiger charge is -2.36. The van der Waals surface area contributed by atoms with Crippen molar-refractivity contribution in [2.75, 3.05) is 50.5 Å². The summed E-state index contributed by atoms with van der Waals surface area (Å²) >= 11 is 11.2. The predicted molar refractivity (Wildman–Crippen MR) is 106 cm³/mol. The molecule has 0 bridgehead atoms. The van der Waals surface area contributed by atoms with Gasteiger partial charge >= 0.3 is 0 Å². The number of alkyl halides is 1. The number of benzene rings is 1. The van der Waals surface area contributed by atoms with Crippen molar-refractivity contribution in [1.82, 2.24) is 5.32 Å². The molecule has 1 aliphatic rings. The SMILES string of the molecule is CNC(=S)N(c1cc(OC)c(OCCCCl)cc1N)C1CCOCC1. The van der Waals surface area contributed by atoms with Crippen molar-refractivity contribution in [3.63, 3.8) is 0 Å². The van der Waals surface area contributed by atoms with Crippen LogP contribution in [0.15, 0.2) is 12.1 Å². The van der Waals surface area contributed by atoms with Gasteiger partial charge < -0.3 is 30.2 Å². The lowest BCUT2D eigenvalue weighted by molar-refractivity contribution is 0.0870. The second-order valence-electron chi connectivity index (χ2n) is 5.72. The maximum atomic E-state index is 6.33. The third-order valence-corrected chi connectivity index (χ3v) is 4.76. The van der Waals surface area contributed by atoms with Gasteiger partial charge in [-0.2, -0.15) is 0 Å². The molecule has 140 valence electrons. The predicted octanol–water partition coefficient (Wildman–Crippen LogP) is 2.77. The Labute approximate surface area is 159 Å². The van der Waals surface area contributed by atoms with E-state index in [1.165, 1.54) is 0 Å². The van der Waals surface area contributed by atoms with E-state index < -0.39 is 0 Å². The van der Waals surface area contributed by atoms with Crippen LogP contribution in [0.5, 0.6) is 11.5 Å². The molecule has 0 radical (unpaired) electrons. The first-order valence-corrected chi connectivity index (χ1v) is 9.31. The summed E-state index contributed by atoms with van der Waals surface area (Å²) < 4.78 is 16.7. The van der Waals surface area contributed by atoms with Crippen molar-refractivity contribution >= 4 is 40.3 Å². The Bertz CT molecular complexity index is 583. The summed E-state index contributed by atoms with van der Waals surface area (Å²) in [6.07, 6.45) is 2.53. The number of hydrogen-bond acceptors (Lipinski definition) is 5. The number of nitrogen functional groups attached to an aromatic ring is 1. The molecule has 0 atom stereocenters. The van der Waals surface area contributed by atoms with Crippen LogP contribution in [-0.2, 0) is 4.74 Å². The first kappa shape index (κ1) is 19.9. The van der Waals surface area contributed by atoms with Crippen molar-refractivity contribution in [2.24, 2.45) is 0 Å². The van der Waals surface area contributed by atoms with E-state index in [9.17, 15) is 0 Å². The number of nitrogens with one attached hydrogen (secondary N) is 1. The number of ether oxygens (including phenoxy) is 3. The van der Waals surface area contributed by atoms with Crippen LogP contribution in [0.25, 0.3) is 0 Å². The fraction of sp³-hybridized carbons (Fsp3) is 0.588. The van der Waals surface area contributed by atoms with Crippen molar-refractivity contribution < 1.29 is 14.2 Å². The molecule has 1 fully saturated rings. The molecule has 0 amide bonds. The van der Waals surface area contributed by atoms with E-state index in [4.69, 9.17) is 43.8 Å². The number of nitrogens with two attached hydrogens (primary N) is 1. The summed E-state index contributed by atoms with van der Waals surface area (Å²) in [4.78, 5) is 2.05. The van der Waals surface area contributed by atoms with Gasteiger partial charge in [-0.05, 0) is 31.5 Å². The molecule has 0 aliphatic carbocycles. The minimum Gasteiger partial charge on any atom is -0.493 e. The van der Waals surface area contributed by atoms with Gasteiger partial charge in [-0.25, -0.2) is 0 Å². The molecule has 6 nitrogen and oxygen atoms in total. The van der Waals surface area contributed by atoms with Gasteiger partial charge in [0.05, 0.1) is 25.1 Å². The van der Waals surface area contributed by atoms with E-state index in [2.05, 4.69) is 10.2 Å². The molecule has 3 N–H and O–H groups in total. The first-order chi connectivity index (χ1) is 12.1. The Hall–Kier alpha value is -1.44. The third kappa shape index (κ3) is 5.03. The van der Waals surface area contributed by atoms with Crippen LogP contribution in [0.1, 0.15) is 19.3 Å². The van der Waals surface area contributed by atoms with Crippen molar-refractivity contribution in [3.8, 4) is 11.5 Å². The minimum absolute atomic E-state index is 0.226. The molecule has 8 heteroatoms. The molecule has 0 aromatic heterocycles. The number of halogens is 1. The Balaban J connectivity index is 2.34. The molecule has 1 saturated heterocycles. The maximum Gasteiger partial charge on any atom is 0.173 e. The standard InChI is InChI=1S/C17H26ClN3O3S/c1-20-17(25)21(12-4-8-23-9-5-12)14-11-15(22-2)16(10-13(14)19)24-7-3-6-18/h10-12H,3-9,19H2,1-2H3,(H,20,25). The number of thiocarbonyl (C=S) groups is 1. The van der Waals surface area contributed by atoms with Gasteiger partial charge in [-0.3, -0.25) is 0 Å². The van der Waals surface area contributed by atoms with Crippen LogP contribution in [-0.4, -0.2) is 51.0 Å². The second-order valence-corrected chi connectivity index (χ2v) is 6.49. The van der Waals surface area contributed by atoms with Gasteiger partial charge in [0, 0.05) is 44.3 Å². The van der Waals surface area contributed by atoms with Crippen molar-refractivity contribution in [1.29, 1.82) is 0 Å². The number of anilines is 2. The van der Waals surface area contributed by atoms with Crippen LogP contribution in [0.2, 0.25) is 0 Å². The van der Waals surface area contributed by atoms with Gasteiger partial charge in [0.1, 0.15) is 0 Å². The van der Waals surface area contributed by atoms with Crippen LogP contribution >= 0.6 is 23.8 Å². The molecule has 1 aromatic rings. The van der Waals surface area contributed by atoms with Crippen LogP contribution in [0.3, 0.4) is 0 Å². The van der Waals surface area contributed by atoms with Crippen molar-refractivity contribution in [2.45, 2.75) is 25.3 Å². The Kier molecular flexibility index (Phi) is 7.87. The quantitative estimate of drug-likeness (QED) is 0.322. The van der Waals surface area contributed by atoms with E-state index in [0.29, 0.717) is 48.0 Å². The average molecular weight is 388 g/mol. The smallest absolute Gasteiger partial charge is 0.173 e. The van der Waals surface area contributed by atoms with Gasteiger partial charge in [0.15, 0.2) is 16.6 Å². The first-order valence-electron chi connectivity index (χ1n) is 8.37. The van der Waals surface area contributed by atoms with E-state index in [-0.39, 0.29) is 6.04 Å². The zero-order chi connectivity index (χ0) is 18.2. The number of methoxy groups -OCH3 is 1. The molecule has 0 saturated carbocycles. The molecule has 0 spiro atoms. The number of hydrogen-bond donors (Lipinski definition) is 2. The highest BCUT2D eigenvalue weighted by Crippen LogP contribution is 2.38. The molecule has 0 unspecified atom stereocenters. The third-order valence-electron chi connectivity index (χ3n) is 4.10. The topological polar surface area (TPSA) is 69.0 Å². The number of nitrogens with zero attached hydrogens (tertiary/aromatic N) is 1. The fourth-order valence-electron chi connectivity index (χ4n) is 2.82. The molecule has 1 heterocycles. The second kappa shape index (κ2) is 9.89. The molecular formula is C17H26ClN3O3S. The highest BCUT2D eigenvalue weighted by Gasteiger charge is 2.27. The molecular weight excluding hydrogens is 362 g/mol. The molecule has 25 heavy (non-hydrogen) atoms. The summed E-state index contributed by atoms with van der Waals surface area (Å²) in [5.74, 6) is 1.77. The molecule has 1 aromatic carbocycles. The van der Waals surface area contributed by atoms with E-state index in [0.717, 1.165) is 24.9 Å². The lowest BCUT2D eigenvalue weighted by Crippen LogP contribution is -2.47. The zero-order valence-electron chi connectivity index (χ0n) is 14.7. The highest BCUT2D eigenvalue weighted by atomic mass is 35.5. The van der Waals surface area contributed by atoms with Crippen LogP contribution in [0.4, 0.5) is 11.4 Å². The Morgan fingerprint density at radius 1 is 1.40 bits per heavy atom. The monoisotopic (exact) mass is 387 g/mol. The van der Waals surface area contributed by atoms with Crippen LogP contribution < -0.4 is 25.4 Å². The van der Waals surface area contributed by atoms with Gasteiger partial charge in [0.25, 0.3) is 0 Å². The fourth-order valence-corrected chi connectivity index (χ4v) is 3.17. The van der Waals surface area contributed by atoms with Gasteiger partial charge in [0.2, 0.25) is 0 Å². The highest BCUT2D eigenvalue weighted by molar-refractivity contribution is 7.80. The Morgan fingerprint density at radius 2 is 2.12 bits per heavy atom. The molecule has 2 rings (SSSR count). The summed E-state index contributed by atoms with van der Waals surface area (Å²) in [6, 6.07) is 3.89. The maximum absolute atomic E-state index is 6.33. The van der Waals surface area contributed by atoms with Crippen LogP contribution in [0, 0.1) is 0 Å². The van der Waals surface area contributed by atoms with E-state index in [1.807, 2.05) is 13.1 Å². The summed E-state index contributed by atoms with van der Waals surface area (Å²) in [6.45, 7) is 1.94. The summed E-state index contributed by atoms with van der Waals surface area (Å²) in [5.41, 5.74) is 7.73. The minimum atomic E-state index is 0.226. The average Bonchev–Trinajstić information content (AvgIpc) is 2.64. The van der Waals surface area contributed by atoms with E-state index >= 15 is 0 Å². The summed E-state index contributed by atoms with van der Waals surface area (Å²) in [5, 5.41) is 3.68. The zero-order valence-corrected chi connectivity index (χ0v) is 16.3. The van der Waals surface area contributed by atoms with Crippen molar-refractivity contribution in [3.05, 3.63) is 12.1 Å². The van der Waals surface area contributed by atoms with E-state index in [1.54, 1.807) is 13.2 Å². The van der Waals surface area contributed by atoms with Gasteiger partial charge in [-0.15, -0.1) is 11.6 Å². The largest absolute Gasteiger partial charge is 0.493 e. The summed E-state index contributed by atoms with van der Waals surface area (Å²) in [7, 11) is 3.42. The lowest BCUT2D eigenvalue weighted by atomic mass is 10.1.